The van der Waals surface area contributed by atoms with E-state index in [0.717, 1.165) is 11.3 Å². The van der Waals surface area contributed by atoms with Crippen molar-refractivity contribution in [2.24, 2.45) is 5.73 Å². The highest BCUT2D eigenvalue weighted by atomic mass is 35.5. The Morgan fingerprint density at radius 1 is 1.15 bits per heavy atom. The molecule has 0 radical (unpaired) electrons. The van der Waals surface area contributed by atoms with Crippen LogP contribution in [-0.4, -0.2) is 17.9 Å². The van der Waals surface area contributed by atoms with Gasteiger partial charge in [0, 0.05) is 28.9 Å². The molecule has 5 heteroatoms. The van der Waals surface area contributed by atoms with Crippen LogP contribution < -0.4 is 10.6 Å². The standard InChI is InChI=1S/C15H13ClN2OS/c1-18(13-7-5-10(6-8-13)14(17)20)15(19)11-3-2-4-12(16)9-11/h2-9H,1H3,(H2,17,20). The molecule has 2 aromatic rings. The maximum absolute atomic E-state index is 12.3. The normalized spacial score (nSPS) is 10.1. The molecular formula is C15H13ClN2OS. The number of amides is 1. The van der Waals surface area contributed by atoms with Gasteiger partial charge in [0.15, 0.2) is 0 Å². The van der Waals surface area contributed by atoms with Crippen LogP contribution in [0, 0.1) is 0 Å². The van der Waals surface area contributed by atoms with Crippen LogP contribution >= 0.6 is 23.8 Å². The lowest BCUT2D eigenvalue weighted by molar-refractivity contribution is 0.0993. The maximum atomic E-state index is 12.3. The molecule has 2 aromatic carbocycles. The van der Waals surface area contributed by atoms with Gasteiger partial charge in [-0.25, -0.2) is 0 Å². The average Bonchev–Trinajstić information content (AvgIpc) is 2.46. The summed E-state index contributed by atoms with van der Waals surface area (Å²) in [6, 6.07) is 14.0. The first kappa shape index (κ1) is 14.5. The van der Waals surface area contributed by atoms with Gasteiger partial charge >= 0.3 is 0 Å². The largest absolute Gasteiger partial charge is 0.389 e. The quantitative estimate of drug-likeness (QED) is 0.885. The molecule has 2 N–H and O–H groups in total. The van der Waals surface area contributed by atoms with Crippen molar-refractivity contribution in [3.05, 3.63) is 64.7 Å². The highest BCUT2D eigenvalue weighted by Crippen LogP contribution is 2.18. The molecule has 0 atom stereocenters. The molecule has 0 bridgehead atoms. The highest BCUT2D eigenvalue weighted by Gasteiger charge is 2.13. The van der Waals surface area contributed by atoms with E-state index < -0.39 is 0 Å². The van der Waals surface area contributed by atoms with Gasteiger partial charge in [-0.05, 0) is 42.5 Å². The van der Waals surface area contributed by atoms with Gasteiger partial charge < -0.3 is 10.6 Å². The Morgan fingerprint density at radius 3 is 2.35 bits per heavy atom. The number of halogens is 1. The summed E-state index contributed by atoms with van der Waals surface area (Å²) in [5.41, 5.74) is 7.61. The monoisotopic (exact) mass is 304 g/mol. The fourth-order valence-electron chi connectivity index (χ4n) is 1.78. The van der Waals surface area contributed by atoms with E-state index in [-0.39, 0.29) is 5.91 Å². The summed E-state index contributed by atoms with van der Waals surface area (Å²) in [6.07, 6.45) is 0. The zero-order valence-corrected chi connectivity index (χ0v) is 12.4. The van der Waals surface area contributed by atoms with Gasteiger partial charge in [-0.2, -0.15) is 0 Å². The molecule has 0 saturated carbocycles. The number of nitrogens with zero attached hydrogens (tertiary/aromatic N) is 1. The van der Waals surface area contributed by atoms with Gasteiger partial charge in [0.1, 0.15) is 4.99 Å². The molecule has 2 rings (SSSR count). The zero-order chi connectivity index (χ0) is 14.7. The molecule has 0 aliphatic carbocycles. The van der Waals surface area contributed by atoms with Gasteiger partial charge in [0.25, 0.3) is 5.91 Å². The molecule has 0 heterocycles. The van der Waals surface area contributed by atoms with E-state index in [1.54, 1.807) is 60.5 Å². The van der Waals surface area contributed by atoms with Crippen LogP contribution in [0.1, 0.15) is 15.9 Å². The molecule has 0 aliphatic heterocycles. The summed E-state index contributed by atoms with van der Waals surface area (Å²) in [4.78, 5) is 14.2. The predicted molar refractivity (Wildman–Crippen MR) is 86.5 cm³/mol. The minimum Gasteiger partial charge on any atom is -0.389 e. The summed E-state index contributed by atoms with van der Waals surface area (Å²) < 4.78 is 0. The van der Waals surface area contributed by atoms with Crippen molar-refractivity contribution in [2.45, 2.75) is 0 Å². The summed E-state index contributed by atoms with van der Waals surface area (Å²) in [6.45, 7) is 0. The summed E-state index contributed by atoms with van der Waals surface area (Å²) >= 11 is 10.8. The van der Waals surface area contributed by atoms with Crippen LogP contribution in [0.2, 0.25) is 5.02 Å². The van der Waals surface area contributed by atoms with Gasteiger partial charge in [-0.1, -0.05) is 29.9 Å². The smallest absolute Gasteiger partial charge is 0.258 e. The molecular weight excluding hydrogens is 292 g/mol. The van der Waals surface area contributed by atoms with Crippen molar-refractivity contribution in [3.8, 4) is 0 Å². The topological polar surface area (TPSA) is 46.3 Å². The second kappa shape index (κ2) is 6.03. The van der Waals surface area contributed by atoms with Gasteiger partial charge in [0.05, 0.1) is 0 Å². The van der Waals surface area contributed by atoms with E-state index in [1.165, 1.54) is 0 Å². The third-order valence-corrected chi connectivity index (χ3v) is 3.39. The minimum atomic E-state index is -0.129. The minimum absolute atomic E-state index is 0.129. The van der Waals surface area contributed by atoms with Gasteiger partial charge in [-0.15, -0.1) is 0 Å². The number of anilines is 1. The van der Waals surface area contributed by atoms with E-state index in [2.05, 4.69) is 0 Å². The van der Waals surface area contributed by atoms with E-state index in [4.69, 9.17) is 29.6 Å². The highest BCUT2D eigenvalue weighted by molar-refractivity contribution is 7.80. The van der Waals surface area contributed by atoms with Crippen LogP contribution in [0.25, 0.3) is 0 Å². The van der Waals surface area contributed by atoms with Crippen molar-refractivity contribution < 1.29 is 4.79 Å². The Labute approximate surface area is 128 Å². The molecule has 20 heavy (non-hydrogen) atoms. The van der Waals surface area contributed by atoms with Crippen LogP contribution in [0.5, 0.6) is 0 Å². The van der Waals surface area contributed by atoms with Crippen molar-refractivity contribution in [2.75, 3.05) is 11.9 Å². The first-order valence-corrected chi connectivity index (χ1v) is 6.71. The lowest BCUT2D eigenvalue weighted by atomic mass is 10.1. The fourth-order valence-corrected chi connectivity index (χ4v) is 2.11. The van der Waals surface area contributed by atoms with Crippen LogP contribution in [0.15, 0.2) is 48.5 Å². The average molecular weight is 305 g/mol. The van der Waals surface area contributed by atoms with Crippen molar-refractivity contribution in [1.82, 2.24) is 0 Å². The molecule has 3 nitrogen and oxygen atoms in total. The summed E-state index contributed by atoms with van der Waals surface area (Å²) in [5, 5.41) is 0.535. The number of thiocarbonyl (C=S) groups is 1. The molecule has 0 aliphatic rings. The number of hydrogen-bond donors (Lipinski definition) is 1. The number of hydrogen-bond acceptors (Lipinski definition) is 2. The number of benzene rings is 2. The molecule has 0 saturated heterocycles. The SMILES string of the molecule is CN(C(=O)c1cccc(Cl)c1)c1ccc(C(N)=S)cc1. The number of nitrogens with two attached hydrogens (primary N) is 1. The third-order valence-electron chi connectivity index (χ3n) is 2.92. The third kappa shape index (κ3) is 3.15. The van der Waals surface area contributed by atoms with Crippen molar-refractivity contribution in [1.29, 1.82) is 0 Å². The molecule has 0 spiro atoms. The first-order valence-electron chi connectivity index (χ1n) is 5.92. The number of carbonyl (C=O) groups excluding carboxylic acids is 1. The molecule has 102 valence electrons. The van der Waals surface area contributed by atoms with E-state index in [9.17, 15) is 4.79 Å². The Morgan fingerprint density at radius 2 is 1.80 bits per heavy atom. The van der Waals surface area contributed by atoms with Crippen LogP contribution in [0.3, 0.4) is 0 Å². The lowest BCUT2D eigenvalue weighted by Gasteiger charge is -2.17. The fraction of sp³-hybridized carbons (Fsp3) is 0.0667. The lowest BCUT2D eigenvalue weighted by Crippen LogP contribution is -2.26. The second-order valence-corrected chi connectivity index (χ2v) is 5.16. The molecule has 0 aromatic heterocycles. The number of rotatable bonds is 3. The molecule has 0 fully saturated rings. The maximum Gasteiger partial charge on any atom is 0.258 e. The second-order valence-electron chi connectivity index (χ2n) is 4.29. The van der Waals surface area contributed by atoms with Crippen LogP contribution in [0.4, 0.5) is 5.69 Å². The summed E-state index contributed by atoms with van der Waals surface area (Å²) in [5.74, 6) is -0.129. The first-order chi connectivity index (χ1) is 9.49. The summed E-state index contributed by atoms with van der Waals surface area (Å²) in [7, 11) is 1.71. The van der Waals surface area contributed by atoms with E-state index in [0.29, 0.717) is 15.6 Å². The Bertz CT molecular complexity index is 655. The van der Waals surface area contributed by atoms with Crippen LogP contribution in [-0.2, 0) is 0 Å². The number of carbonyl (C=O) groups is 1. The van der Waals surface area contributed by atoms with Crippen molar-refractivity contribution >= 4 is 40.4 Å². The zero-order valence-electron chi connectivity index (χ0n) is 10.8. The molecule has 1 amide bonds. The van der Waals surface area contributed by atoms with E-state index in [1.807, 2.05) is 0 Å². The Balaban J connectivity index is 2.24. The molecule has 0 unspecified atom stereocenters. The Kier molecular flexibility index (Phi) is 4.37. The Hall–Kier alpha value is -1.91. The van der Waals surface area contributed by atoms with Gasteiger partial charge in [0.2, 0.25) is 0 Å². The van der Waals surface area contributed by atoms with Crippen molar-refractivity contribution in [3.63, 3.8) is 0 Å². The van der Waals surface area contributed by atoms with E-state index >= 15 is 0 Å². The predicted octanol–water partition coefficient (Wildman–Crippen LogP) is 3.25. The van der Waals surface area contributed by atoms with Gasteiger partial charge in [-0.3, -0.25) is 4.79 Å².